The third kappa shape index (κ3) is 3.62. The van der Waals surface area contributed by atoms with Crippen LogP contribution in [0.2, 0.25) is 5.15 Å². The third-order valence-electron chi connectivity index (χ3n) is 3.27. The highest BCUT2D eigenvalue weighted by atomic mass is 35.5. The number of nitrogens with one attached hydrogen (secondary N) is 3. The third-order valence-corrected chi connectivity index (χ3v) is 3.46. The Bertz CT molecular complexity index is 926. The zero-order valence-electron chi connectivity index (χ0n) is 13.1. The molecule has 0 aliphatic rings. The highest BCUT2D eigenvalue weighted by Crippen LogP contribution is 2.22. The summed E-state index contributed by atoms with van der Waals surface area (Å²) in [6.45, 7) is 3.79. The number of rotatable bonds is 4. The molecule has 0 radical (unpaired) electrons. The van der Waals surface area contributed by atoms with Gasteiger partial charge in [-0.3, -0.25) is 5.10 Å². The van der Waals surface area contributed by atoms with Crippen molar-refractivity contribution in [1.29, 1.82) is 5.26 Å². The summed E-state index contributed by atoms with van der Waals surface area (Å²) in [7, 11) is 0. The lowest BCUT2D eigenvalue weighted by atomic mass is 10.1. The van der Waals surface area contributed by atoms with Gasteiger partial charge in [0.2, 0.25) is 5.95 Å². The second-order valence-corrected chi connectivity index (χ2v) is 5.61. The van der Waals surface area contributed by atoms with Crippen LogP contribution in [0.15, 0.2) is 30.3 Å². The molecule has 0 atom stereocenters. The van der Waals surface area contributed by atoms with Gasteiger partial charge in [-0.15, -0.1) is 0 Å². The van der Waals surface area contributed by atoms with Crippen LogP contribution in [0.25, 0.3) is 0 Å². The molecule has 0 aliphatic carbocycles. The Balaban J connectivity index is 1.85. The van der Waals surface area contributed by atoms with Crippen LogP contribution in [-0.2, 0) is 0 Å². The van der Waals surface area contributed by atoms with E-state index in [2.05, 4.69) is 36.9 Å². The van der Waals surface area contributed by atoms with E-state index < -0.39 is 0 Å². The molecule has 1 aromatic carbocycles. The molecule has 0 saturated carbocycles. The van der Waals surface area contributed by atoms with Gasteiger partial charge in [0.15, 0.2) is 5.82 Å². The second kappa shape index (κ2) is 6.56. The van der Waals surface area contributed by atoms with Crippen molar-refractivity contribution in [3.63, 3.8) is 0 Å². The van der Waals surface area contributed by atoms with E-state index in [4.69, 9.17) is 16.9 Å². The standard InChI is InChI=1S/C16H14ClN7/c1-9-3-4-12(6-11(9)8-18)19-16-20-13(17)7-14(22-16)21-15-5-10(2)23-24-15/h3-7H,1-2H3,(H3,19,20,21,22,23,24). The second-order valence-electron chi connectivity index (χ2n) is 5.23. The maximum absolute atomic E-state index is 9.11. The quantitative estimate of drug-likeness (QED) is 0.624. The molecule has 0 saturated heterocycles. The number of aryl methyl sites for hydroxylation is 2. The zero-order valence-corrected chi connectivity index (χ0v) is 13.8. The van der Waals surface area contributed by atoms with Gasteiger partial charge < -0.3 is 10.6 Å². The van der Waals surface area contributed by atoms with Crippen LogP contribution in [-0.4, -0.2) is 20.2 Å². The van der Waals surface area contributed by atoms with Crippen molar-refractivity contribution < 1.29 is 0 Å². The first-order valence-electron chi connectivity index (χ1n) is 7.15. The first kappa shape index (κ1) is 15.8. The molecule has 7 nitrogen and oxygen atoms in total. The summed E-state index contributed by atoms with van der Waals surface area (Å²) in [4.78, 5) is 8.50. The van der Waals surface area contributed by atoms with Crippen LogP contribution < -0.4 is 10.6 Å². The summed E-state index contributed by atoms with van der Waals surface area (Å²) in [5.41, 5.74) is 3.14. The summed E-state index contributed by atoms with van der Waals surface area (Å²) in [6, 6.07) is 11.1. The van der Waals surface area contributed by atoms with Gasteiger partial charge >= 0.3 is 0 Å². The van der Waals surface area contributed by atoms with Crippen LogP contribution in [0.5, 0.6) is 0 Å². The van der Waals surface area contributed by atoms with Gasteiger partial charge in [0.25, 0.3) is 0 Å². The van der Waals surface area contributed by atoms with Crippen molar-refractivity contribution in [3.05, 3.63) is 52.3 Å². The average Bonchev–Trinajstić information content (AvgIpc) is 2.93. The summed E-state index contributed by atoms with van der Waals surface area (Å²) in [6.07, 6.45) is 0. The highest BCUT2D eigenvalue weighted by Gasteiger charge is 2.07. The molecule has 24 heavy (non-hydrogen) atoms. The fourth-order valence-electron chi connectivity index (χ4n) is 2.10. The molecular weight excluding hydrogens is 326 g/mol. The Kier molecular flexibility index (Phi) is 4.31. The number of hydrogen-bond donors (Lipinski definition) is 3. The highest BCUT2D eigenvalue weighted by molar-refractivity contribution is 6.29. The molecule has 3 N–H and O–H groups in total. The molecule has 8 heteroatoms. The van der Waals surface area contributed by atoms with E-state index in [0.29, 0.717) is 28.8 Å². The van der Waals surface area contributed by atoms with Gasteiger partial charge in [-0.1, -0.05) is 17.7 Å². The summed E-state index contributed by atoms with van der Waals surface area (Å²) < 4.78 is 0. The van der Waals surface area contributed by atoms with Gasteiger partial charge in [0.05, 0.1) is 11.6 Å². The Hall–Kier alpha value is -3.11. The average molecular weight is 340 g/mol. The van der Waals surface area contributed by atoms with Crippen LogP contribution in [0.1, 0.15) is 16.8 Å². The SMILES string of the molecule is Cc1cc(Nc2cc(Cl)nc(Nc3ccc(C)c(C#N)c3)n2)n[nH]1. The van der Waals surface area contributed by atoms with Crippen molar-refractivity contribution in [3.8, 4) is 6.07 Å². The molecule has 3 aromatic rings. The van der Waals surface area contributed by atoms with Crippen molar-refractivity contribution in [2.24, 2.45) is 0 Å². The van der Waals surface area contributed by atoms with Crippen LogP contribution in [0, 0.1) is 25.2 Å². The Morgan fingerprint density at radius 1 is 1.08 bits per heavy atom. The number of hydrogen-bond acceptors (Lipinski definition) is 6. The van der Waals surface area contributed by atoms with E-state index in [1.165, 1.54) is 0 Å². The first-order chi connectivity index (χ1) is 11.5. The number of nitrogens with zero attached hydrogens (tertiary/aromatic N) is 4. The van der Waals surface area contributed by atoms with Crippen molar-refractivity contribution in [1.82, 2.24) is 20.2 Å². The van der Waals surface area contributed by atoms with E-state index in [1.807, 2.05) is 32.0 Å². The number of aromatic nitrogens is 4. The first-order valence-corrected chi connectivity index (χ1v) is 7.52. The van der Waals surface area contributed by atoms with Crippen LogP contribution in [0.3, 0.4) is 0 Å². The molecular formula is C16H14ClN7. The summed E-state index contributed by atoms with van der Waals surface area (Å²) in [5.74, 6) is 1.47. The smallest absolute Gasteiger partial charge is 0.230 e. The maximum Gasteiger partial charge on any atom is 0.230 e. The lowest BCUT2D eigenvalue weighted by Crippen LogP contribution is -2.02. The number of nitriles is 1. The number of halogens is 1. The lowest BCUT2D eigenvalue weighted by molar-refractivity contribution is 1.05. The summed E-state index contributed by atoms with van der Waals surface area (Å²) >= 11 is 6.06. The topological polar surface area (TPSA) is 102 Å². The van der Waals surface area contributed by atoms with Gasteiger partial charge in [-0.25, -0.2) is 4.98 Å². The van der Waals surface area contributed by atoms with Crippen molar-refractivity contribution in [2.45, 2.75) is 13.8 Å². The minimum Gasteiger partial charge on any atom is -0.324 e. The van der Waals surface area contributed by atoms with Gasteiger partial charge in [0, 0.05) is 23.5 Å². The summed E-state index contributed by atoms with van der Waals surface area (Å²) in [5, 5.41) is 22.4. The fourth-order valence-corrected chi connectivity index (χ4v) is 2.28. The van der Waals surface area contributed by atoms with E-state index >= 15 is 0 Å². The predicted octanol–water partition coefficient (Wildman–Crippen LogP) is 3.83. The van der Waals surface area contributed by atoms with Crippen LogP contribution >= 0.6 is 11.6 Å². The van der Waals surface area contributed by atoms with Crippen molar-refractivity contribution in [2.75, 3.05) is 10.6 Å². The Morgan fingerprint density at radius 3 is 2.62 bits per heavy atom. The Labute approximate surface area is 143 Å². The number of benzene rings is 1. The molecule has 120 valence electrons. The minimum atomic E-state index is 0.287. The molecule has 0 amide bonds. The largest absolute Gasteiger partial charge is 0.324 e. The monoisotopic (exact) mass is 339 g/mol. The lowest BCUT2D eigenvalue weighted by Gasteiger charge is -2.09. The van der Waals surface area contributed by atoms with Crippen LogP contribution in [0.4, 0.5) is 23.3 Å². The minimum absolute atomic E-state index is 0.287. The fraction of sp³-hybridized carbons (Fsp3) is 0.125. The molecule has 0 spiro atoms. The normalized spacial score (nSPS) is 10.2. The van der Waals surface area contributed by atoms with Gasteiger partial charge in [-0.2, -0.15) is 15.3 Å². The van der Waals surface area contributed by atoms with E-state index in [-0.39, 0.29) is 5.15 Å². The number of H-pyrrole nitrogens is 1. The molecule has 0 unspecified atom stereocenters. The van der Waals surface area contributed by atoms with E-state index in [0.717, 1.165) is 11.3 Å². The van der Waals surface area contributed by atoms with E-state index in [9.17, 15) is 0 Å². The van der Waals surface area contributed by atoms with Crippen molar-refractivity contribution >= 4 is 34.9 Å². The number of anilines is 4. The van der Waals surface area contributed by atoms with Gasteiger partial charge in [-0.05, 0) is 31.5 Å². The predicted molar refractivity (Wildman–Crippen MR) is 92.8 cm³/mol. The molecule has 2 heterocycles. The molecule has 2 aromatic heterocycles. The number of aromatic amines is 1. The molecule has 0 bridgehead atoms. The molecule has 0 fully saturated rings. The zero-order chi connectivity index (χ0) is 17.1. The molecule has 3 rings (SSSR count). The Morgan fingerprint density at radius 2 is 1.92 bits per heavy atom. The molecule has 0 aliphatic heterocycles. The van der Waals surface area contributed by atoms with Gasteiger partial charge in [0.1, 0.15) is 11.0 Å². The van der Waals surface area contributed by atoms with E-state index in [1.54, 1.807) is 12.1 Å². The maximum atomic E-state index is 9.11.